The molecular formula is C15H33IN4O3. The van der Waals surface area contributed by atoms with Crippen LogP contribution in [0.1, 0.15) is 20.3 Å². The smallest absolute Gasteiger partial charge is 0.310 e. The van der Waals surface area contributed by atoms with Gasteiger partial charge in [-0.3, -0.25) is 9.79 Å². The molecule has 1 atom stereocenters. The summed E-state index contributed by atoms with van der Waals surface area (Å²) in [5.74, 6) is 0.248. The van der Waals surface area contributed by atoms with Gasteiger partial charge in [0.1, 0.15) is 0 Å². The van der Waals surface area contributed by atoms with E-state index in [1.807, 2.05) is 13.8 Å². The second-order valence-corrected chi connectivity index (χ2v) is 5.22. The highest BCUT2D eigenvalue weighted by Gasteiger charge is 2.12. The summed E-state index contributed by atoms with van der Waals surface area (Å²) in [6.07, 6.45) is 1.03. The number of rotatable bonds is 11. The third-order valence-electron chi connectivity index (χ3n) is 3.15. The molecule has 0 aliphatic rings. The van der Waals surface area contributed by atoms with Gasteiger partial charge in [-0.2, -0.15) is 0 Å². The molecule has 8 heteroatoms. The van der Waals surface area contributed by atoms with E-state index in [0.717, 1.165) is 45.2 Å². The Morgan fingerprint density at radius 3 is 2.52 bits per heavy atom. The number of esters is 1. The second kappa shape index (κ2) is 16.3. The number of carbonyl (C=O) groups is 1. The van der Waals surface area contributed by atoms with Gasteiger partial charge in [0.05, 0.1) is 19.6 Å². The molecule has 0 amide bonds. The number of ether oxygens (including phenoxy) is 2. The topological polar surface area (TPSA) is 75.2 Å². The summed E-state index contributed by atoms with van der Waals surface area (Å²) in [4.78, 5) is 18.0. The van der Waals surface area contributed by atoms with Gasteiger partial charge in [-0.05, 0) is 20.4 Å². The summed E-state index contributed by atoms with van der Waals surface area (Å²) in [5.41, 5.74) is 0. The van der Waals surface area contributed by atoms with E-state index in [1.54, 1.807) is 7.11 Å². The van der Waals surface area contributed by atoms with Gasteiger partial charge in [-0.1, -0.05) is 6.92 Å². The first-order chi connectivity index (χ1) is 10.5. The first-order valence-corrected chi connectivity index (χ1v) is 7.82. The number of hydrogen-bond donors (Lipinski definition) is 2. The number of hydrogen-bond acceptors (Lipinski definition) is 5. The van der Waals surface area contributed by atoms with Crippen molar-refractivity contribution in [3.8, 4) is 0 Å². The van der Waals surface area contributed by atoms with Crippen molar-refractivity contribution >= 4 is 35.9 Å². The van der Waals surface area contributed by atoms with Gasteiger partial charge in [0.15, 0.2) is 5.96 Å². The third kappa shape index (κ3) is 13.5. The minimum Gasteiger partial charge on any atom is -0.469 e. The van der Waals surface area contributed by atoms with E-state index in [9.17, 15) is 4.79 Å². The summed E-state index contributed by atoms with van der Waals surface area (Å²) in [7, 11) is 5.20. The molecule has 7 nitrogen and oxygen atoms in total. The molecule has 0 fully saturated rings. The van der Waals surface area contributed by atoms with Crippen molar-refractivity contribution in [3.05, 3.63) is 0 Å². The van der Waals surface area contributed by atoms with Gasteiger partial charge < -0.3 is 25.0 Å². The van der Waals surface area contributed by atoms with Crippen LogP contribution in [-0.4, -0.2) is 77.4 Å². The molecule has 0 spiro atoms. The van der Waals surface area contributed by atoms with Gasteiger partial charge in [0.25, 0.3) is 0 Å². The Labute approximate surface area is 157 Å². The van der Waals surface area contributed by atoms with E-state index in [0.29, 0.717) is 6.54 Å². The van der Waals surface area contributed by atoms with Gasteiger partial charge >= 0.3 is 5.97 Å². The number of guanidine groups is 1. The molecule has 138 valence electrons. The monoisotopic (exact) mass is 444 g/mol. The number of halogens is 1. The molecule has 0 aromatic heterocycles. The van der Waals surface area contributed by atoms with Crippen LogP contribution < -0.4 is 10.6 Å². The Hall–Kier alpha value is -0.610. The lowest BCUT2D eigenvalue weighted by atomic mass is 10.2. The normalized spacial score (nSPS) is 12.5. The van der Waals surface area contributed by atoms with Crippen LogP contribution in [0.25, 0.3) is 0 Å². The van der Waals surface area contributed by atoms with Crippen molar-refractivity contribution in [1.82, 2.24) is 15.5 Å². The lowest BCUT2D eigenvalue weighted by Gasteiger charge is -2.18. The van der Waals surface area contributed by atoms with Crippen molar-refractivity contribution in [3.63, 3.8) is 0 Å². The number of aliphatic imine (C=N–C) groups is 1. The highest BCUT2D eigenvalue weighted by atomic mass is 127. The lowest BCUT2D eigenvalue weighted by Crippen LogP contribution is -2.41. The Morgan fingerprint density at radius 1 is 1.26 bits per heavy atom. The summed E-state index contributed by atoms with van der Waals surface area (Å²) in [6.45, 7) is 8.51. The van der Waals surface area contributed by atoms with E-state index in [1.165, 1.54) is 7.11 Å². The average Bonchev–Trinajstić information content (AvgIpc) is 2.51. The minimum absolute atomic E-state index is 0. The first-order valence-electron chi connectivity index (χ1n) is 7.82. The molecule has 23 heavy (non-hydrogen) atoms. The standard InChI is InChI=1S/C15H32N4O3.HI/c1-6-16-15(18-12-13(2)14(20)22-5)17-8-10-19(3)9-7-11-21-4;/h13H,6-12H2,1-5H3,(H2,16,17,18);1H. The van der Waals surface area contributed by atoms with E-state index in [2.05, 4.69) is 27.6 Å². The molecule has 0 saturated carbocycles. The molecule has 0 aromatic carbocycles. The quantitative estimate of drug-likeness (QED) is 0.163. The van der Waals surface area contributed by atoms with Crippen LogP contribution in [-0.2, 0) is 14.3 Å². The number of likely N-dealkylation sites (N-methyl/N-ethyl adjacent to an activating group) is 1. The summed E-state index contributed by atoms with van der Waals surface area (Å²) in [6, 6.07) is 0. The van der Waals surface area contributed by atoms with Crippen molar-refractivity contribution in [2.24, 2.45) is 10.9 Å². The Balaban J connectivity index is 0. The van der Waals surface area contributed by atoms with Crippen LogP contribution in [0.15, 0.2) is 4.99 Å². The maximum atomic E-state index is 11.4. The van der Waals surface area contributed by atoms with E-state index in [4.69, 9.17) is 9.47 Å². The molecule has 0 aliphatic heterocycles. The molecule has 2 N–H and O–H groups in total. The van der Waals surface area contributed by atoms with E-state index >= 15 is 0 Å². The first kappa shape index (κ1) is 24.6. The Bertz CT molecular complexity index is 330. The maximum Gasteiger partial charge on any atom is 0.310 e. The molecule has 0 aromatic rings. The molecule has 0 bridgehead atoms. The average molecular weight is 444 g/mol. The highest BCUT2D eigenvalue weighted by Crippen LogP contribution is 1.97. The van der Waals surface area contributed by atoms with Crippen molar-refractivity contribution in [2.45, 2.75) is 20.3 Å². The van der Waals surface area contributed by atoms with Gasteiger partial charge in [-0.25, -0.2) is 0 Å². The Morgan fingerprint density at radius 2 is 1.96 bits per heavy atom. The van der Waals surface area contributed by atoms with Crippen molar-refractivity contribution < 1.29 is 14.3 Å². The lowest BCUT2D eigenvalue weighted by molar-refractivity contribution is -0.144. The molecule has 0 radical (unpaired) electrons. The number of carbonyl (C=O) groups excluding carboxylic acids is 1. The van der Waals surface area contributed by atoms with E-state index < -0.39 is 0 Å². The van der Waals surface area contributed by atoms with Gasteiger partial charge in [0.2, 0.25) is 0 Å². The predicted octanol–water partition coefficient (Wildman–Crippen LogP) is 0.937. The fraction of sp³-hybridized carbons (Fsp3) is 0.867. The predicted molar refractivity (Wildman–Crippen MR) is 105 cm³/mol. The van der Waals surface area contributed by atoms with Gasteiger partial charge in [0, 0.05) is 39.9 Å². The van der Waals surface area contributed by atoms with Crippen LogP contribution in [0.3, 0.4) is 0 Å². The third-order valence-corrected chi connectivity index (χ3v) is 3.15. The molecule has 0 rings (SSSR count). The van der Waals surface area contributed by atoms with E-state index in [-0.39, 0.29) is 35.9 Å². The molecule has 0 heterocycles. The fourth-order valence-corrected chi connectivity index (χ4v) is 1.80. The molecular weight excluding hydrogens is 411 g/mol. The highest BCUT2D eigenvalue weighted by molar-refractivity contribution is 14.0. The SMILES string of the molecule is CCNC(=NCC(C)C(=O)OC)NCCN(C)CCCOC.I. The number of nitrogens with one attached hydrogen (secondary N) is 2. The zero-order chi connectivity index (χ0) is 16.8. The zero-order valence-electron chi connectivity index (χ0n) is 15.1. The fourth-order valence-electron chi connectivity index (χ4n) is 1.80. The number of methoxy groups -OCH3 is 2. The number of nitrogens with zero attached hydrogens (tertiary/aromatic N) is 2. The summed E-state index contributed by atoms with van der Waals surface area (Å²) < 4.78 is 9.74. The molecule has 0 aliphatic carbocycles. The van der Waals surface area contributed by atoms with Crippen LogP contribution in [0.4, 0.5) is 0 Å². The van der Waals surface area contributed by atoms with Crippen LogP contribution >= 0.6 is 24.0 Å². The minimum atomic E-state index is -0.239. The zero-order valence-corrected chi connectivity index (χ0v) is 17.4. The van der Waals surface area contributed by atoms with Crippen LogP contribution in [0.5, 0.6) is 0 Å². The molecule has 1 unspecified atom stereocenters. The summed E-state index contributed by atoms with van der Waals surface area (Å²) >= 11 is 0. The van der Waals surface area contributed by atoms with Gasteiger partial charge in [-0.15, -0.1) is 24.0 Å². The molecule has 0 saturated heterocycles. The maximum absolute atomic E-state index is 11.4. The van der Waals surface area contributed by atoms with Crippen molar-refractivity contribution in [2.75, 3.05) is 60.6 Å². The summed E-state index contributed by atoms with van der Waals surface area (Å²) in [5, 5.41) is 6.44. The second-order valence-electron chi connectivity index (χ2n) is 5.22. The van der Waals surface area contributed by atoms with Crippen LogP contribution in [0.2, 0.25) is 0 Å². The Kier molecular flexibility index (Phi) is 17.4. The van der Waals surface area contributed by atoms with Crippen LogP contribution in [0, 0.1) is 5.92 Å². The largest absolute Gasteiger partial charge is 0.469 e. The van der Waals surface area contributed by atoms with Crippen molar-refractivity contribution in [1.29, 1.82) is 0 Å².